The van der Waals surface area contributed by atoms with Gasteiger partial charge in [0.15, 0.2) is 0 Å². The first-order valence-corrected chi connectivity index (χ1v) is 12.9. The van der Waals surface area contributed by atoms with Crippen molar-refractivity contribution in [3.63, 3.8) is 0 Å². The molecule has 3 aliphatic carbocycles. The predicted molar refractivity (Wildman–Crippen MR) is 123 cm³/mol. The van der Waals surface area contributed by atoms with E-state index in [0.717, 1.165) is 24.2 Å². The van der Waals surface area contributed by atoms with Gasteiger partial charge >= 0.3 is 6.03 Å². The standard InChI is InChI=1S/C26H46N2O/c27-26(29)28-25-17-9-8-16-24(25)19-18-21-10-4-6-14-23(15-7-5-11-21)20-22-12-2-1-3-13-22/h2,12,21-25H,1,3-11,13-20H2,(H3,27,28,29). The summed E-state index contributed by atoms with van der Waals surface area (Å²) in [5.74, 6) is 3.41. The number of hydrogen-bond acceptors (Lipinski definition) is 1. The van der Waals surface area contributed by atoms with Crippen LogP contribution in [0.5, 0.6) is 0 Å². The van der Waals surface area contributed by atoms with Gasteiger partial charge in [0.1, 0.15) is 0 Å². The molecule has 166 valence electrons. The third-order valence-corrected chi connectivity index (χ3v) is 8.12. The zero-order valence-electron chi connectivity index (χ0n) is 18.8. The van der Waals surface area contributed by atoms with Gasteiger partial charge in [0, 0.05) is 6.04 Å². The normalized spacial score (nSPS) is 34.4. The fourth-order valence-corrected chi connectivity index (χ4v) is 6.43. The van der Waals surface area contributed by atoms with Gasteiger partial charge in [0.05, 0.1) is 0 Å². The Morgan fingerprint density at radius 3 is 2.10 bits per heavy atom. The molecule has 3 atom stereocenters. The molecule has 2 saturated carbocycles. The van der Waals surface area contributed by atoms with Crippen molar-refractivity contribution in [2.24, 2.45) is 29.4 Å². The van der Waals surface area contributed by atoms with Crippen LogP contribution in [0.2, 0.25) is 0 Å². The van der Waals surface area contributed by atoms with Crippen LogP contribution < -0.4 is 11.1 Å². The van der Waals surface area contributed by atoms with Crippen LogP contribution in [-0.2, 0) is 0 Å². The summed E-state index contributed by atoms with van der Waals surface area (Å²) in [6, 6.07) is -0.00533. The van der Waals surface area contributed by atoms with Crippen LogP contribution in [0.4, 0.5) is 4.79 Å². The highest BCUT2D eigenvalue weighted by Gasteiger charge is 2.26. The second-order valence-corrected chi connectivity index (χ2v) is 10.4. The van der Waals surface area contributed by atoms with E-state index in [1.165, 1.54) is 109 Å². The Labute approximate surface area is 179 Å². The molecule has 0 aliphatic heterocycles. The molecule has 0 saturated heterocycles. The number of carbonyl (C=O) groups excluding carboxylic acids is 1. The van der Waals surface area contributed by atoms with Crippen molar-refractivity contribution in [2.45, 2.75) is 122 Å². The maximum atomic E-state index is 11.3. The van der Waals surface area contributed by atoms with E-state index in [9.17, 15) is 4.79 Å². The third-order valence-electron chi connectivity index (χ3n) is 8.12. The van der Waals surface area contributed by atoms with Crippen LogP contribution in [0.15, 0.2) is 12.2 Å². The maximum absolute atomic E-state index is 11.3. The molecular weight excluding hydrogens is 356 g/mol. The molecule has 0 spiro atoms. The number of carbonyl (C=O) groups is 1. The first kappa shape index (κ1) is 22.7. The van der Waals surface area contributed by atoms with Crippen molar-refractivity contribution in [1.29, 1.82) is 0 Å². The van der Waals surface area contributed by atoms with E-state index >= 15 is 0 Å². The highest BCUT2D eigenvalue weighted by Crippen LogP contribution is 2.35. The summed E-state index contributed by atoms with van der Waals surface area (Å²) in [6.45, 7) is 0. The van der Waals surface area contributed by atoms with Crippen LogP contribution in [0.1, 0.15) is 116 Å². The van der Waals surface area contributed by atoms with Gasteiger partial charge in [-0.1, -0.05) is 82.8 Å². The van der Waals surface area contributed by atoms with Crippen molar-refractivity contribution in [1.82, 2.24) is 5.32 Å². The molecule has 0 aromatic rings. The van der Waals surface area contributed by atoms with Gasteiger partial charge in [-0.2, -0.15) is 0 Å². The average Bonchev–Trinajstić information content (AvgIpc) is 2.73. The number of rotatable bonds is 6. The second kappa shape index (κ2) is 12.6. The molecule has 0 radical (unpaired) electrons. The summed E-state index contributed by atoms with van der Waals surface area (Å²) in [7, 11) is 0. The Kier molecular flexibility index (Phi) is 9.90. The Morgan fingerprint density at radius 2 is 1.45 bits per heavy atom. The average molecular weight is 403 g/mol. The number of allylic oxidation sites excluding steroid dienone is 2. The van der Waals surface area contributed by atoms with E-state index in [4.69, 9.17) is 5.73 Å². The van der Waals surface area contributed by atoms with Crippen LogP contribution in [0, 0.1) is 23.7 Å². The summed E-state index contributed by atoms with van der Waals surface area (Å²) in [5, 5.41) is 3.03. The van der Waals surface area contributed by atoms with E-state index in [1.54, 1.807) is 0 Å². The highest BCUT2D eigenvalue weighted by molar-refractivity contribution is 5.72. The Balaban J connectivity index is 1.38. The van der Waals surface area contributed by atoms with E-state index in [-0.39, 0.29) is 6.03 Å². The Morgan fingerprint density at radius 1 is 0.793 bits per heavy atom. The number of urea groups is 1. The topological polar surface area (TPSA) is 55.1 Å². The molecule has 29 heavy (non-hydrogen) atoms. The lowest BCUT2D eigenvalue weighted by Crippen LogP contribution is -2.44. The monoisotopic (exact) mass is 402 g/mol. The van der Waals surface area contributed by atoms with Crippen molar-refractivity contribution >= 4 is 6.03 Å². The van der Waals surface area contributed by atoms with E-state index in [2.05, 4.69) is 17.5 Å². The van der Waals surface area contributed by atoms with Gasteiger partial charge in [-0.15, -0.1) is 0 Å². The Hall–Kier alpha value is -0.990. The van der Waals surface area contributed by atoms with Crippen molar-refractivity contribution in [3.05, 3.63) is 12.2 Å². The number of nitrogens with two attached hydrogens (primary N) is 1. The minimum Gasteiger partial charge on any atom is -0.352 e. The van der Waals surface area contributed by atoms with Crippen LogP contribution in [-0.4, -0.2) is 12.1 Å². The Bertz CT molecular complexity index is 491. The van der Waals surface area contributed by atoms with Crippen LogP contribution in [0.25, 0.3) is 0 Å². The van der Waals surface area contributed by atoms with Gasteiger partial charge < -0.3 is 11.1 Å². The highest BCUT2D eigenvalue weighted by atomic mass is 16.2. The minimum absolute atomic E-state index is 0.329. The van der Waals surface area contributed by atoms with Crippen LogP contribution in [0.3, 0.4) is 0 Å². The lowest BCUT2D eigenvalue weighted by Gasteiger charge is -2.33. The molecule has 2 amide bonds. The van der Waals surface area contributed by atoms with Gasteiger partial charge in [-0.3, -0.25) is 0 Å². The maximum Gasteiger partial charge on any atom is 0.312 e. The molecule has 3 nitrogen and oxygen atoms in total. The summed E-state index contributed by atoms with van der Waals surface area (Å²) < 4.78 is 0. The van der Waals surface area contributed by atoms with Crippen LogP contribution >= 0.6 is 0 Å². The predicted octanol–water partition coefficient (Wildman–Crippen LogP) is 7.11. The number of primary amides is 1. The molecule has 3 rings (SSSR count). The fraction of sp³-hybridized carbons (Fsp3) is 0.885. The van der Waals surface area contributed by atoms with E-state index in [1.807, 2.05) is 0 Å². The minimum atomic E-state index is -0.334. The molecular formula is C26H46N2O. The molecule has 3 heteroatoms. The van der Waals surface area contributed by atoms with Gasteiger partial charge in [-0.05, 0) is 68.6 Å². The number of amides is 2. The third kappa shape index (κ3) is 8.34. The smallest absolute Gasteiger partial charge is 0.312 e. The molecule has 0 heterocycles. The fourth-order valence-electron chi connectivity index (χ4n) is 6.43. The molecule has 0 bridgehead atoms. The van der Waals surface area contributed by atoms with Gasteiger partial charge in [0.2, 0.25) is 0 Å². The molecule has 3 aliphatic rings. The zero-order chi connectivity index (χ0) is 20.3. The molecule has 3 unspecified atom stereocenters. The molecule has 2 fully saturated rings. The van der Waals surface area contributed by atoms with Crippen molar-refractivity contribution in [2.75, 3.05) is 0 Å². The lowest BCUT2D eigenvalue weighted by atomic mass is 9.78. The SMILES string of the molecule is NC(=O)NC1CCCCC1CCC1CCCCC(CC2C=CCCC2)CCCC1. The van der Waals surface area contributed by atoms with Crippen molar-refractivity contribution in [3.8, 4) is 0 Å². The molecule has 3 N–H and O–H groups in total. The summed E-state index contributed by atoms with van der Waals surface area (Å²) in [5.41, 5.74) is 5.41. The second-order valence-electron chi connectivity index (χ2n) is 10.4. The molecule has 0 aromatic heterocycles. The summed E-state index contributed by atoms with van der Waals surface area (Å²) in [6.07, 6.45) is 29.7. The quantitative estimate of drug-likeness (QED) is 0.457. The van der Waals surface area contributed by atoms with Gasteiger partial charge in [-0.25, -0.2) is 4.79 Å². The number of nitrogens with one attached hydrogen (secondary N) is 1. The largest absolute Gasteiger partial charge is 0.352 e. The lowest BCUT2D eigenvalue weighted by molar-refractivity contribution is 0.211. The van der Waals surface area contributed by atoms with Crippen molar-refractivity contribution < 1.29 is 4.79 Å². The van der Waals surface area contributed by atoms with Gasteiger partial charge in [0.25, 0.3) is 0 Å². The first-order valence-electron chi connectivity index (χ1n) is 12.9. The molecule has 0 aromatic carbocycles. The zero-order valence-corrected chi connectivity index (χ0v) is 18.8. The number of hydrogen-bond donors (Lipinski definition) is 2. The first-order chi connectivity index (χ1) is 14.2. The van der Waals surface area contributed by atoms with E-state index in [0.29, 0.717) is 12.0 Å². The summed E-state index contributed by atoms with van der Waals surface area (Å²) >= 11 is 0. The summed E-state index contributed by atoms with van der Waals surface area (Å²) in [4.78, 5) is 11.3. The van der Waals surface area contributed by atoms with E-state index < -0.39 is 0 Å².